The van der Waals surface area contributed by atoms with Crippen molar-refractivity contribution in [3.05, 3.63) is 35.9 Å². The van der Waals surface area contributed by atoms with E-state index in [-0.39, 0.29) is 24.1 Å². The topological polar surface area (TPSA) is 61.4 Å². The van der Waals surface area contributed by atoms with Gasteiger partial charge in [0.25, 0.3) is 0 Å². The lowest BCUT2D eigenvalue weighted by Gasteiger charge is -2.33. The fourth-order valence-corrected chi connectivity index (χ4v) is 2.37. The normalized spacial score (nSPS) is 20.7. The molecule has 0 spiro atoms. The van der Waals surface area contributed by atoms with E-state index in [1.807, 2.05) is 44.2 Å². The van der Waals surface area contributed by atoms with Gasteiger partial charge in [0.2, 0.25) is 5.91 Å². The number of nitrogens with one attached hydrogen (secondary N) is 2. The maximum Gasteiger partial charge on any atom is 0.325 e. The molecule has 1 aliphatic heterocycles. The second kappa shape index (κ2) is 6.52. The Bertz CT molecular complexity index is 457. The Hall–Kier alpha value is -1.88. The molecular weight excluding hydrogens is 254 g/mol. The minimum Gasteiger partial charge on any atom is -0.322 e. The summed E-state index contributed by atoms with van der Waals surface area (Å²) in [5, 5.41) is 6.12. The van der Waals surface area contributed by atoms with E-state index in [1.165, 1.54) is 4.90 Å². The molecule has 1 aliphatic rings. The molecule has 2 N–H and O–H groups in total. The molecule has 108 valence electrons. The van der Waals surface area contributed by atoms with Crippen molar-refractivity contribution in [2.24, 2.45) is 0 Å². The predicted molar refractivity (Wildman–Crippen MR) is 76.9 cm³/mol. The first kappa shape index (κ1) is 14.5. The molecule has 1 fully saturated rings. The van der Waals surface area contributed by atoms with Crippen molar-refractivity contribution in [2.75, 3.05) is 6.54 Å². The number of benzene rings is 1. The van der Waals surface area contributed by atoms with Crippen LogP contribution in [-0.4, -0.2) is 29.5 Å². The standard InChI is InChI=1S/C15H21N3O2/c1-3-9-18-14(19)10-13(17-15(18)20)16-11(2)12-7-5-4-6-8-12/h4-8,11,13,16H,3,9-10H2,1-2H3,(H,17,20)/t11-,13?/m0/s1. The summed E-state index contributed by atoms with van der Waals surface area (Å²) in [7, 11) is 0. The van der Waals surface area contributed by atoms with E-state index in [1.54, 1.807) is 0 Å². The summed E-state index contributed by atoms with van der Waals surface area (Å²) >= 11 is 0. The summed E-state index contributed by atoms with van der Waals surface area (Å²) in [4.78, 5) is 25.1. The molecule has 1 aromatic rings. The summed E-state index contributed by atoms with van der Waals surface area (Å²) in [6.07, 6.45) is 0.763. The third-order valence-corrected chi connectivity index (χ3v) is 3.42. The van der Waals surface area contributed by atoms with Crippen molar-refractivity contribution < 1.29 is 9.59 Å². The molecule has 1 heterocycles. The van der Waals surface area contributed by atoms with Crippen LogP contribution in [0.4, 0.5) is 4.79 Å². The number of rotatable bonds is 5. The van der Waals surface area contributed by atoms with E-state index in [2.05, 4.69) is 10.6 Å². The fraction of sp³-hybridized carbons (Fsp3) is 0.467. The number of carbonyl (C=O) groups excluding carboxylic acids is 2. The summed E-state index contributed by atoms with van der Waals surface area (Å²) in [5.41, 5.74) is 1.13. The predicted octanol–water partition coefficient (Wildman–Crippen LogP) is 2.02. The zero-order valence-electron chi connectivity index (χ0n) is 11.9. The van der Waals surface area contributed by atoms with Gasteiger partial charge in [-0.3, -0.25) is 15.0 Å². The Morgan fingerprint density at radius 2 is 2.05 bits per heavy atom. The van der Waals surface area contributed by atoms with Crippen LogP contribution in [-0.2, 0) is 4.79 Å². The molecule has 0 aromatic heterocycles. The van der Waals surface area contributed by atoms with E-state index in [4.69, 9.17) is 0 Å². The number of hydrogen-bond acceptors (Lipinski definition) is 3. The van der Waals surface area contributed by atoms with Crippen LogP contribution < -0.4 is 10.6 Å². The van der Waals surface area contributed by atoms with Crippen LogP contribution in [0.3, 0.4) is 0 Å². The molecule has 0 aliphatic carbocycles. The fourth-order valence-electron chi connectivity index (χ4n) is 2.37. The molecule has 0 bridgehead atoms. The Balaban J connectivity index is 1.95. The van der Waals surface area contributed by atoms with Gasteiger partial charge in [0.05, 0.1) is 12.6 Å². The highest BCUT2D eigenvalue weighted by Gasteiger charge is 2.31. The number of imide groups is 1. The maximum absolute atomic E-state index is 11.9. The third-order valence-electron chi connectivity index (χ3n) is 3.42. The molecular formula is C15H21N3O2. The van der Waals surface area contributed by atoms with Gasteiger partial charge in [-0.25, -0.2) is 4.79 Å². The molecule has 1 aromatic carbocycles. The smallest absolute Gasteiger partial charge is 0.322 e. The van der Waals surface area contributed by atoms with Crippen molar-refractivity contribution in [1.29, 1.82) is 0 Å². The highest BCUT2D eigenvalue weighted by molar-refractivity contribution is 5.97. The number of carbonyl (C=O) groups is 2. The van der Waals surface area contributed by atoms with Gasteiger partial charge in [-0.05, 0) is 18.9 Å². The molecule has 1 saturated heterocycles. The molecule has 2 atom stereocenters. The average molecular weight is 275 g/mol. The van der Waals surface area contributed by atoms with Crippen LogP contribution in [0.2, 0.25) is 0 Å². The van der Waals surface area contributed by atoms with Crippen LogP contribution in [0.15, 0.2) is 30.3 Å². The van der Waals surface area contributed by atoms with Crippen molar-refractivity contribution in [2.45, 2.75) is 38.9 Å². The highest BCUT2D eigenvalue weighted by Crippen LogP contribution is 2.14. The van der Waals surface area contributed by atoms with Crippen LogP contribution >= 0.6 is 0 Å². The molecule has 0 radical (unpaired) electrons. The molecule has 20 heavy (non-hydrogen) atoms. The number of amides is 3. The van der Waals surface area contributed by atoms with E-state index < -0.39 is 0 Å². The number of nitrogens with zero attached hydrogens (tertiary/aromatic N) is 1. The summed E-state index contributed by atoms with van der Waals surface area (Å²) in [5.74, 6) is -0.117. The molecule has 1 unspecified atom stereocenters. The molecule has 5 nitrogen and oxygen atoms in total. The Morgan fingerprint density at radius 1 is 1.35 bits per heavy atom. The van der Waals surface area contributed by atoms with E-state index in [0.29, 0.717) is 13.0 Å². The van der Waals surface area contributed by atoms with Crippen molar-refractivity contribution >= 4 is 11.9 Å². The minimum atomic E-state index is -0.307. The lowest BCUT2D eigenvalue weighted by atomic mass is 10.1. The zero-order chi connectivity index (χ0) is 14.5. The number of urea groups is 1. The Kier molecular flexibility index (Phi) is 4.74. The molecule has 2 rings (SSSR count). The molecule has 3 amide bonds. The van der Waals surface area contributed by atoms with Crippen LogP contribution in [0.5, 0.6) is 0 Å². The van der Waals surface area contributed by atoms with Gasteiger partial charge < -0.3 is 5.32 Å². The largest absolute Gasteiger partial charge is 0.325 e. The zero-order valence-corrected chi connectivity index (χ0v) is 11.9. The molecule has 0 saturated carbocycles. The highest BCUT2D eigenvalue weighted by atomic mass is 16.2. The van der Waals surface area contributed by atoms with E-state index in [9.17, 15) is 9.59 Å². The minimum absolute atomic E-state index is 0.0759. The Morgan fingerprint density at radius 3 is 2.65 bits per heavy atom. The van der Waals surface area contributed by atoms with Crippen LogP contribution in [0.1, 0.15) is 38.3 Å². The van der Waals surface area contributed by atoms with Gasteiger partial charge in [0, 0.05) is 12.6 Å². The SMILES string of the molecule is CCCN1C(=O)CC(N[C@@H](C)c2ccccc2)NC1=O. The van der Waals surface area contributed by atoms with Crippen LogP contribution in [0.25, 0.3) is 0 Å². The average Bonchev–Trinajstić information content (AvgIpc) is 2.44. The van der Waals surface area contributed by atoms with Gasteiger partial charge in [0.15, 0.2) is 0 Å². The second-order valence-electron chi connectivity index (χ2n) is 5.05. The van der Waals surface area contributed by atoms with Crippen LogP contribution in [0, 0.1) is 0 Å². The van der Waals surface area contributed by atoms with Gasteiger partial charge in [-0.1, -0.05) is 37.3 Å². The van der Waals surface area contributed by atoms with Gasteiger partial charge >= 0.3 is 6.03 Å². The summed E-state index contributed by atoms with van der Waals surface area (Å²) in [6, 6.07) is 9.72. The first-order valence-corrected chi connectivity index (χ1v) is 7.03. The first-order chi connectivity index (χ1) is 9.61. The van der Waals surface area contributed by atoms with Gasteiger partial charge in [0.1, 0.15) is 0 Å². The van der Waals surface area contributed by atoms with Gasteiger partial charge in [-0.15, -0.1) is 0 Å². The van der Waals surface area contributed by atoms with E-state index in [0.717, 1.165) is 12.0 Å². The quantitative estimate of drug-likeness (QED) is 0.864. The third kappa shape index (κ3) is 3.36. The Labute approximate surface area is 119 Å². The van der Waals surface area contributed by atoms with Crippen molar-refractivity contribution in [3.63, 3.8) is 0 Å². The maximum atomic E-state index is 11.9. The molecule has 5 heteroatoms. The second-order valence-corrected chi connectivity index (χ2v) is 5.05. The number of hydrogen-bond donors (Lipinski definition) is 2. The summed E-state index contributed by atoms with van der Waals surface area (Å²) < 4.78 is 0. The monoisotopic (exact) mass is 275 g/mol. The summed E-state index contributed by atoms with van der Waals surface area (Å²) in [6.45, 7) is 4.44. The lowest BCUT2D eigenvalue weighted by molar-refractivity contribution is -0.130. The van der Waals surface area contributed by atoms with Crippen molar-refractivity contribution in [3.8, 4) is 0 Å². The lowest BCUT2D eigenvalue weighted by Crippen LogP contribution is -2.59. The van der Waals surface area contributed by atoms with Crippen molar-refractivity contribution in [1.82, 2.24) is 15.5 Å². The first-order valence-electron chi connectivity index (χ1n) is 7.03. The van der Waals surface area contributed by atoms with Gasteiger partial charge in [-0.2, -0.15) is 0 Å². The van der Waals surface area contributed by atoms with E-state index >= 15 is 0 Å².